The van der Waals surface area contributed by atoms with E-state index in [1.807, 2.05) is 37.3 Å². The summed E-state index contributed by atoms with van der Waals surface area (Å²) in [6.45, 7) is 8.42. The Hall–Kier alpha value is -2.96. The van der Waals surface area contributed by atoms with Crippen molar-refractivity contribution in [3.8, 4) is 0 Å². The molecule has 6 heteroatoms. The van der Waals surface area contributed by atoms with Crippen LogP contribution in [0, 0.1) is 13.8 Å². The van der Waals surface area contributed by atoms with Gasteiger partial charge in [-0.2, -0.15) is 0 Å². The average Bonchev–Trinajstić information content (AvgIpc) is 3.16. The number of hydrogen-bond donors (Lipinski definition) is 1. The second-order valence-electron chi connectivity index (χ2n) is 7.86. The van der Waals surface area contributed by atoms with Crippen LogP contribution < -0.4 is 5.32 Å². The van der Waals surface area contributed by atoms with E-state index in [2.05, 4.69) is 51.5 Å². The number of nitrogens with one attached hydrogen (secondary N) is 1. The molecule has 1 fully saturated rings. The first-order chi connectivity index (χ1) is 14.6. The van der Waals surface area contributed by atoms with Crippen LogP contribution in [0.3, 0.4) is 0 Å². The van der Waals surface area contributed by atoms with E-state index in [9.17, 15) is 4.79 Å². The average molecular weight is 405 g/mol. The fraction of sp³-hybridized carbons (Fsp3) is 0.333. The molecule has 2 heterocycles. The maximum atomic E-state index is 13.2. The molecular formula is C24H28N4O2. The van der Waals surface area contributed by atoms with Gasteiger partial charge in [0.15, 0.2) is 5.82 Å². The lowest BCUT2D eigenvalue weighted by Crippen LogP contribution is -2.49. The molecule has 1 saturated heterocycles. The molecule has 6 nitrogen and oxygen atoms in total. The van der Waals surface area contributed by atoms with Crippen LogP contribution >= 0.6 is 0 Å². The van der Waals surface area contributed by atoms with Gasteiger partial charge in [0, 0.05) is 38.8 Å². The van der Waals surface area contributed by atoms with Gasteiger partial charge in [-0.15, -0.1) is 0 Å². The Morgan fingerprint density at radius 3 is 2.40 bits per heavy atom. The van der Waals surface area contributed by atoms with Gasteiger partial charge in [0.2, 0.25) is 5.91 Å². The number of anilines is 1. The maximum Gasteiger partial charge on any atom is 0.247 e. The van der Waals surface area contributed by atoms with Gasteiger partial charge in [-0.25, -0.2) is 0 Å². The minimum atomic E-state index is -0.358. The zero-order chi connectivity index (χ0) is 20.9. The third-order valence-corrected chi connectivity index (χ3v) is 5.67. The first-order valence-corrected chi connectivity index (χ1v) is 10.4. The van der Waals surface area contributed by atoms with E-state index in [0.29, 0.717) is 11.6 Å². The fourth-order valence-electron chi connectivity index (χ4n) is 3.99. The summed E-state index contributed by atoms with van der Waals surface area (Å²) in [5, 5.41) is 6.83. The lowest BCUT2D eigenvalue weighted by Gasteiger charge is -2.38. The third-order valence-electron chi connectivity index (χ3n) is 5.67. The molecule has 2 aromatic carbocycles. The number of aryl methyl sites for hydroxylation is 2. The number of rotatable bonds is 6. The second-order valence-corrected chi connectivity index (χ2v) is 7.86. The molecule has 156 valence electrons. The summed E-state index contributed by atoms with van der Waals surface area (Å²) in [5.74, 6) is 1.05. The Labute approximate surface area is 177 Å². The molecule has 1 aromatic heterocycles. The molecule has 1 amide bonds. The predicted octanol–water partition coefficient (Wildman–Crippen LogP) is 3.79. The Balaban J connectivity index is 1.45. The van der Waals surface area contributed by atoms with Gasteiger partial charge >= 0.3 is 0 Å². The zero-order valence-corrected chi connectivity index (χ0v) is 17.5. The molecule has 0 saturated carbocycles. The summed E-state index contributed by atoms with van der Waals surface area (Å²) in [5.41, 5.74) is 3.68. The fourth-order valence-corrected chi connectivity index (χ4v) is 3.99. The minimum Gasteiger partial charge on any atom is -0.360 e. The number of benzene rings is 2. The van der Waals surface area contributed by atoms with Crippen LogP contribution in [-0.2, 0) is 11.3 Å². The lowest BCUT2D eigenvalue weighted by atomic mass is 10.0. The maximum absolute atomic E-state index is 13.2. The van der Waals surface area contributed by atoms with Crippen LogP contribution in [0.4, 0.5) is 5.82 Å². The Morgan fingerprint density at radius 2 is 1.73 bits per heavy atom. The predicted molar refractivity (Wildman–Crippen MR) is 117 cm³/mol. The number of aromatic nitrogens is 1. The number of amides is 1. The SMILES string of the molecule is Cc1cc(NC(=O)C(c2ccccc2)N2CCN(Cc3ccccc3C)CC2)no1. The molecule has 0 bridgehead atoms. The molecule has 30 heavy (non-hydrogen) atoms. The number of carbonyl (C=O) groups excluding carboxylic acids is 1. The first-order valence-electron chi connectivity index (χ1n) is 10.4. The van der Waals surface area contributed by atoms with Crippen molar-refractivity contribution in [1.82, 2.24) is 15.0 Å². The zero-order valence-electron chi connectivity index (χ0n) is 17.5. The van der Waals surface area contributed by atoms with Crippen LogP contribution in [0.5, 0.6) is 0 Å². The topological polar surface area (TPSA) is 61.6 Å². The number of piperazine rings is 1. The molecule has 1 N–H and O–H groups in total. The van der Waals surface area contributed by atoms with Gasteiger partial charge in [-0.1, -0.05) is 59.8 Å². The van der Waals surface area contributed by atoms with E-state index in [-0.39, 0.29) is 11.9 Å². The smallest absolute Gasteiger partial charge is 0.247 e. The van der Waals surface area contributed by atoms with Gasteiger partial charge in [0.05, 0.1) is 0 Å². The highest BCUT2D eigenvalue weighted by Crippen LogP contribution is 2.25. The van der Waals surface area contributed by atoms with Gasteiger partial charge < -0.3 is 9.84 Å². The third kappa shape index (κ3) is 4.78. The van der Waals surface area contributed by atoms with Crippen LogP contribution in [0.1, 0.15) is 28.5 Å². The highest BCUT2D eigenvalue weighted by atomic mass is 16.5. The number of nitrogens with zero attached hydrogens (tertiary/aromatic N) is 3. The summed E-state index contributed by atoms with van der Waals surface area (Å²) in [6.07, 6.45) is 0. The molecule has 3 aromatic rings. The molecule has 1 aliphatic heterocycles. The monoisotopic (exact) mass is 404 g/mol. The summed E-state index contributed by atoms with van der Waals surface area (Å²) >= 11 is 0. The Bertz CT molecular complexity index is 978. The Morgan fingerprint density at radius 1 is 1.03 bits per heavy atom. The van der Waals surface area contributed by atoms with E-state index >= 15 is 0 Å². The van der Waals surface area contributed by atoms with Crippen molar-refractivity contribution in [3.05, 3.63) is 83.1 Å². The van der Waals surface area contributed by atoms with Crippen LogP contribution in [-0.4, -0.2) is 47.0 Å². The summed E-state index contributed by atoms with van der Waals surface area (Å²) in [6, 6.07) is 19.9. The van der Waals surface area contributed by atoms with E-state index in [0.717, 1.165) is 38.3 Å². The summed E-state index contributed by atoms with van der Waals surface area (Å²) < 4.78 is 5.09. The van der Waals surface area contributed by atoms with Crippen LogP contribution in [0.15, 0.2) is 65.2 Å². The van der Waals surface area contributed by atoms with Gasteiger partial charge in [-0.05, 0) is 30.5 Å². The normalized spacial score (nSPS) is 16.3. The van der Waals surface area contributed by atoms with Crippen molar-refractivity contribution >= 4 is 11.7 Å². The van der Waals surface area contributed by atoms with Crippen LogP contribution in [0.25, 0.3) is 0 Å². The standard InChI is InChI=1S/C24H28N4O2/c1-18-8-6-7-11-21(18)17-27-12-14-28(15-13-27)23(20-9-4-3-5-10-20)24(29)25-22-16-19(2)30-26-22/h3-11,16,23H,12-15,17H2,1-2H3,(H,25,26,29). The van der Waals surface area contributed by atoms with Crippen molar-refractivity contribution in [2.45, 2.75) is 26.4 Å². The molecule has 4 rings (SSSR count). The molecular weight excluding hydrogens is 376 g/mol. The molecule has 1 atom stereocenters. The lowest BCUT2D eigenvalue weighted by molar-refractivity contribution is -0.122. The van der Waals surface area contributed by atoms with Crippen molar-refractivity contribution in [2.24, 2.45) is 0 Å². The summed E-state index contributed by atoms with van der Waals surface area (Å²) in [4.78, 5) is 17.9. The van der Waals surface area contributed by atoms with Crippen LogP contribution in [0.2, 0.25) is 0 Å². The highest BCUT2D eigenvalue weighted by molar-refractivity contribution is 5.94. The van der Waals surface area contributed by atoms with Gasteiger partial charge in [0.1, 0.15) is 11.8 Å². The quantitative estimate of drug-likeness (QED) is 0.677. The van der Waals surface area contributed by atoms with Gasteiger partial charge in [0.25, 0.3) is 0 Å². The van der Waals surface area contributed by atoms with E-state index in [4.69, 9.17) is 4.52 Å². The molecule has 1 unspecified atom stereocenters. The molecule has 1 aliphatic rings. The summed E-state index contributed by atoms with van der Waals surface area (Å²) in [7, 11) is 0. The first kappa shape index (κ1) is 20.3. The van der Waals surface area contributed by atoms with E-state index < -0.39 is 0 Å². The molecule has 0 radical (unpaired) electrons. The molecule has 0 aliphatic carbocycles. The molecule has 0 spiro atoms. The largest absolute Gasteiger partial charge is 0.360 e. The minimum absolute atomic E-state index is 0.0816. The van der Waals surface area contributed by atoms with E-state index in [1.54, 1.807) is 6.07 Å². The highest BCUT2D eigenvalue weighted by Gasteiger charge is 2.31. The van der Waals surface area contributed by atoms with Gasteiger partial charge in [-0.3, -0.25) is 14.6 Å². The van der Waals surface area contributed by atoms with Crippen molar-refractivity contribution in [3.63, 3.8) is 0 Å². The number of carbonyl (C=O) groups is 1. The van der Waals surface area contributed by atoms with Crippen molar-refractivity contribution in [1.29, 1.82) is 0 Å². The number of hydrogen-bond acceptors (Lipinski definition) is 5. The van der Waals surface area contributed by atoms with E-state index in [1.165, 1.54) is 11.1 Å². The Kier molecular flexibility index (Phi) is 6.26. The second kappa shape index (κ2) is 9.24. The van der Waals surface area contributed by atoms with Crippen molar-refractivity contribution in [2.75, 3.05) is 31.5 Å². The van der Waals surface area contributed by atoms with Crippen molar-refractivity contribution < 1.29 is 9.32 Å².